The van der Waals surface area contributed by atoms with E-state index < -0.39 is 0 Å². The maximum Gasteiger partial charge on any atom is 0.191 e. The van der Waals surface area contributed by atoms with Crippen LogP contribution in [0.3, 0.4) is 0 Å². The SMILES string of the molecule is CN=C(NCCCN(C(C)C)C(C)C)NC1CCN(c2ccccc2)CC1. The first-order chi connectivity index (χ1) is 13.0. The van der Waals surface area contributed by atoms with Gasteiger partial charge in [0.2, 0.25) is 0 Å². The van der Waals surface area contributed by atoms with Crippen LogP contribution in [-0.2, 0) is 0 Å². The summed E-state index contributed by atoms with van der Waals surface area (Å²) in [5.41, 5.74) is 1.33. The van der Waals surface area contributed by atoms with Crippen LogP contribution in [0.1, 0.15) is 47.0 Å². The zero-order valence-corrected chi connectivity index (χ0v) is 17.9. The van der Waals surface area contributed by atoms with Gasteiger partial charge < -0.3 is 15.5 Å². The van der Waals surface area contributed by atoms with Crippen molar-refractivity contribution in [3.05, 3.63) is 30.3 Å². The lowest BCUT2D eigenvalue weighted by Gasteiger charge is -2.34. The largest absolute Gasteiger partial charge is 0.371 e. The Labute approximate surface area is 166 Å². The van der Waals surface area contributed by atoms with Crippen LogP contribution in [0.2, 0.25) is 0 Å². The third-order valence-corrected chi connectivity index (χ3v) is 5.39. The minimum absolute atomic E-state index is 0.499. The molecule has 1 fully saturated rings. The van der Waals surface area contributed by atoms with Gasteiger partial charge in [-0.15, -0.1) is 0 Å². The first-order valence-electron chi connectivity index (χ1n) is 10.5. The fourth-order valence-corrected chi connectivity index (χ4v) is 3.89. The topological polar surface area (TPSA) is 42.9 Å². The van der Waals surface area contributed by atoms with Crippen LogP contribution in [0.4, 0.5) is 5.69 Å². The third-order valence-electron chi connectivity index (χ3n) is 5.39. The van der Waals surface area contributed by atoms with E-state index in [0.29, 0.717) is 18.1 Å². The number of benzene rings is 1. The highest BCUT2D eigenvalue weighted by atomic mass is 15.2. The number of hydrogen-bond acceptors (Lipinski definition) is 3. The average molecular weight is 374 g/mol. The summed E-state index contributed by atoms with van der Waals surface area (Å²) in [6, 6.07) is 12.4. The molecule has 1 saturated heterocycles. The number of piperidine rings is 1. The highest BCUT2D eigenvalue weighted by Gasteiger charge is 2.20. The third kappa shape index (κ3) is 7.06. The summed E-state index contributed by atoms with van der Waals surface area (Å²) in [7, 11) is 1.86. The van der Waals surface area contributed by atoms with E-state index in [1.54, 1.807) is 0 Å². The van der Waals surface area contributed by atoms with Gasteiger partial charge in [-0.2, -0.15) is 0 Å². The molecule has 0 spiro atoms. The summed E-state index contributed by atoms with van der Waals surface area (Å²) in [5, 5.41) is 7.10. The number of nitrogens with zero attached hydrogens (tertiary/aromatic N) is 3. The van der Waals surface area contributed by atoms with E-state index in [-0.39, 0.29) is 0 Å². The van der Waals surface area contributed by atoms with Gasteiger partial charge in [-0.05, 0) is 59.1 Å². The van der Waals surface area contributed by atoms with Crippen molar-refractivity contribution in [2.45, 2.75) is 65.1 Å². The standard InChI is InChI=1S/C22H39N5/c1-18(2)27(19(3)4)15-9-14-24-22(23-5)25-20-12-16-26(17-13-20)21-10-7-6-8-11-21/h6-8,10-11,18-20H,9,12-17H2,1-5H3,(H2,23,24,25). The Morgan fingerprint density at radius 1 is 1.11 bits per heavy atom. The summed E-state index contributed by atoms with van der Waals surface area (Å²) in [4.78, 5) is 9.43. The van der Waals surface area contributed by atoms with Crippen LogP contribution < -0.4 is 15.5 Å². The molecule has 0 bridgehead atoms. The van der Waals surface area contributed by atoms with Crippen molar-refractivity contribution in [1.29, 1.82) is 0 Å². The molecule has 5 heteroatoms. The fraction of sp³-hybridized carbons (Fsp3) is 0.682. The van der Waals surface area contributed by atoms with Crippen molar-refractivity contribution in [2.24, 2.45) is 4.99 Å². The van der Waals surface area contributed by atoms with Gasteiger partial charge in [0.25, 0.3) is 0 Å². The minimum atomic E-state index is 0.499. The van der Waals surface area contributed by atoms with Crippen LogP contribution >= 0.6 is 0 Å². The molecule has 1 aliphatic rings. The van der Waals surface area contributed by atoms with E-state index in [1.165, 1.54) is 5.69 Å². The van der Waals surface area contributed by atoms with Crippen LogP contribution in [0.5, 0.6) is 0 Å². The molecule has 1 aromatic carbocycles. The highest BCUT2D eigenvalue weighted by Crippen LogP contribution is 2.19. The molecule has 1 aliphatic heterocycles. The van der Waals surface area contributed by atoms with Gasteiger partial charge in [0.05, 0.1) is 0 Å². The van der Waals surface area contributed by atoms with Crippen LogP contribution in [0.15, 0.2) is 35.3 Å². The smallest absolute Gasteiger partial charge is 0.191 e. The van der Waals surface area contributed by atoms with Crippen molar-refractivity contribution in [2.75, 3.05) is 38.1 Å². The second-order valence-corrected chi connectivity index (χ2v) is 8.02. The monoisotopic (exact) mass is 373 g/mol. The zero-order valence-electron chi connectivity index (χ0n) is 17.9. The molecule has 27 heavy (non-hydrogen) atoms. The predicted octanol–water partition coefficient (Wildman–Crippen LogP) is 3.33. The lowest BCUT2D eigenvalue weighted by molar-refractivity contribution is 0.173. The molecular formula is C22H39N5. The highest BCUT2D eigenvalue weighted by molar-refractivity contribution is 5.79. The van der Waals surface area contributed by atoms with Crippen molar-refractivity contribution in [3.63, 3.8) is 0 Å². The number of nitrogens with one attached hydrogen (secondary N) is 2. The molecule has 0 aromatic heterocycles. The Morgan fingerprint density at radius 3 is 2.30 bits per heavy atom. The van der Waals surface area contributed by atoms with Crippen molar-refractivity contribution in [3.8, 4) is 0 Å². The van der Waals surface area contributed by atoms with Crippen molar-refractivity contribution >= 4 is 11.6 Å². The predicted molar refractivity (Wildman–Crippen MR) is 118 cm³/mol. The van der Waals surface area contributed by atoms with Crippen LogP contribution in [-0.4, -0.2) is 62.2 Å². The Bertz CT molecular complexity index is 539. The molecule has 2 rings (SSSR count). The maximum absolute atomic E-state index is 4.41. The number of aliphatic imine (C=N–C) groups is 1. The summed E-state index contributed by atoms with van der Waals surface area (Å²) in [6.07, 6.45) is 3.41. The van der Waals surface area contributed by atoms with Crippen molar-refractivity contribution in [1.82, 2.24) is 15.5 Å². The van der Waals surface area contributed by atoms with E-state index >= 15 is 0 Å². The number of anilines is 1. The first-order valence-corrected chi connectivity index (χ1v) is 10.5. The zero-order chi connectivity index (χ0) is 19.6. The summed E-state index contributed by atoms with van der Waals surface area (Å²) < 4.78 is 0. The van der Waals surface area contributed by atoms with Gasteiger partial charge >= 0.3 is 0 Å². The normalized spacial score (nSPS) is 16.4. The van der Waals surface area contributed by atoms with Crippen LogP contribution in [0.25, 0.3) is 0 Å². The number of para-hydroxylation sites is 1. The van der Waals surface area contributed by atoms with E-state index in [9.17, 15) is 0 Å². The molecule has 0 amide bonds. The number of hydrogen-bond donors (Lipinski definition) is 2. The molecule has 0 atom stereocenters. The number of rotatable bonds is 8. The van der Waals surface area contributed by atoms with Crippen molar-refractivity contribution < 1.29 is 0 Å². The minimum Gasteiger partial charge on any atom is -0.371 e. The average Bonchev–Trinajstić information content (AvgIpc) is 2.67. The Morgan fingerprint density at radius 2 is 1.74 bits per heavy atom. The molecular weight excluding hydrogens is 334 g/mol. The molecule has 152 valence electrons. The second kappa shape index (κ2) is 11.2. The van der Waals surface area contributed by atoms with Gasteiger partial charge in [0.15, 0.2) is 5.96 Å². The Hall–Kier alpha value is -1.75. The Kier molecular flexibility index (Phi) is 8.92. The fourth-order valence-electron chi connectivity index (χ4n) is 3.89. The molecule has 5 nitrogen and oxygen atoms in total. The summed E-state index contributed by atoms with van der Waals surface area (Å²) in [5.74, 6) is 0.939. The molecule has 0 saturated carbocycles. The lowest BCUT2D eigenvalue weighted by atomic mass is 10.0. The summed E-state index contributed by atoms with van der Waals surface area (Å²) >= 11 is 0. The van der Waals surface area contributed by atoms with Gasteiger partial charge in [-0.25, -0.2) is 0 Å². The summed E-state index contributed by atoms with van der Waals surface area (Å²) in [6.45, 7) is 13.4. The molecule has 0 radical (unpaired) electrons. The van der Waals surface area contributed by atoms with E-state index in [4.69, 9.17) is 0 Å². The Balaban J connectivity index is 1.69. The second-order valence-electron chi connectivity index (χ2n) is 8.02. The van der Waals surface area contributed by atoms with Gasteiger partial charge in [-0.3, -0.25) is 9.89 Å². The first kappa shape index (κ1) is 21.5. The van der Waals surface area contributed by atoms with Gasteiger partial charge in [-0.1, -0.05) is 18.2 Å². The molecule has 0 unspecified atom stereocenters. The molecule has 2 N–H and O–H groups in total. The number of guanidine groups is 1. The van der Waals surface area contributed by atoms with Gasteiger partial charge in [0, 0.05) is 57.0 Å². The molecule has 0 aliphatic carbocycles. The van der Waals surface area contributed by atoms with Crippen LogP contribution in [0, 0.1) is 0 Å². The van der Waals surface area contributed by atoms with E-state index in [2.05, 4.69) is 83.5 Å². The molecule has 1 heterocycles. The molecule has 1 aromatic rings. The lowest BCUT2D eigenvalue weighted by Crippen LogP contribution is -2.49. The maximum atomic E-state index is 4.41. The van der Waals surface area contributed by atoms with Gasteiger partial charge in [0.1, 0.15) is 0 Å². The van der Waals surface area contributed by atoms with E-state index in [0.717, 1.165) is 51.4 Å². The quantitative estimate of drug-likeness (QED) is 0.417. The van der Waals surface area contributed by atoms with E-state index in [1.807, 2.05) is 7.05 Å².